The number of hydrogen-bond acceptors (Lipinski definition) is 1. The Kier molecular flexibility index (Phi) is 3.16. The molecule has 0 spiro atoms. The van der Waals surface area contributed by atoms with Crippen molar-refractivity contribution in [2.24, 2.45) is 17.3 Å². The minimum absolute atomic E-state index is 0.0748. The van der Waals surface area contributed by atoms with Gasteiger partial charge in [0.15, 0.2) is 0 Å². The molecule has 0 radical (unpaired) electrons. The third-order valence-corrected chi connectivity index (χ3v) is 6.58. The molecule has 4 aliphatic rings. The molecule has 0 aromatic heterocycles. The molecule has 0 heterocycles. The van der Waals surface area contributed by atoms with E-state index in [1.54, 1.807) is 0 Å². The van der Waals surface area contributed by atoms with Crippen LogP contribution in [0.5, 0.6) is 0 Å². The van der Waals surface area contributed by atoms with Crippen LogP contribution in [0.2, 0.25) is 0 Å². The number of carbonyl (C=O) groups excluding carboxylic acids is 1. The zero-order valence-electron chi connectivity index (χ0n) is 12.2. The summed E-state index contributed by atoms with van der Waals surface area (Å²) in [7, 11) is 0. The van der Waals surface area contributed by atoms with Crippen molar-refractivity contribution in [3.63, 3.8) is 0 Å². The normalized spacial score (nSPS) is 39.0. The first-order chi connectivity index (χ1) is 10.4. The van der Waals surface area contributed by atoms with Crippen molar-refractivity contribution in [1.82, 2.24) is 0 Å². The lowest BCUT2D eigenvalue weighted by atomic mass is 9.49. The van der Waals surface area contributed by atoms with Crippen molar-refractivity contribution in [2.45, 2.75) is 42.8 Å². The fourth-order valence-electron chi connectivity index (χ4n) is 5.26. The minimum Gasteiger partial charge on any atom is -0.323 e. The molecule has 2 nitrogen and oxygen atoms in total. The topological polar surface area (TPSA) is 29.1 Å². The van der Waals surface area contributed by atoms with E-state index in [0.29, 0.717) is 11.8 Å². The van der Waals surface area contributed by atoms with Crippen molar-refractivity contribution in [3.8, 4) is 0 Å². The average molecular weight is 370 g/mol. The van der Waals surface area contributed by atoms with Gasteiger partial charge in [0.2, 0.25) is 5.91 Å². The van der Waals surface area contributed by atoms with Crippen LogP contribution in [0.4, 0.5) is 14.5 Å². The highest BCUT2D eigenvalue weighted by Crippen LogP contribution is 2.64. The van der Waals surface area contributed by atoms with E-state index in [1.807, 2.05) is 0 Å². The maximum absolute atomic E-state index is 13.8. The molecule has 4 atom stereocenters. The SMILES string of the molecule is O=C(Nc1ccc(F)cc1F)C12C[C@@H]3C[C@@H](CC(Br)(C3)C1)C2. The lowest BCUT2D eigenvalue weighted by Gasteiger charge is -2.59. The van der Waals surface area contributed by atoms with Crippen molar-refractivity contribution < 1.29 is 13.6 Å². The van der Waals surface area contributed by atoms with E-state index in [1.165, 1.54) is 18.6 Å². The molecule has 0 aliphatic heterocycles. The van der Waals surface area contributed by atoms with Gasteiger partial charge >= 0.3 is 0 Å². The largest absolute Gasteiger partial charge is 0.323 e. The van der Waals surface area contributed by atoms with Gasteiger partial charge in [0.05, 0.1) is 11.1 Å². The molecule has 0 saturated heterocycles. The van der Waals surface area contributed by atoms with Crippen LogP contribution in [0.1, 0.15) is 38.5 Å². The van der Waals surface area contributed by atoms with E-state index >= 15 is 0 Å². The Morgan fingerprint density at radius 3 is 2.45 bits per heavy atom. The van der Waals surface area contributed by atoms with E-state index in [-0.39, 0.29) is 15.9 Å². The summed E-state index contributed by atoms with van der Waals surface area (Å²) in [5.74, 6) is -0.277. The molecule has 5 heteroatoms. The fourth-order valence-corrected chi connectivity index (χ4v) is 6.71. The van der Waals surface area contributed by atoms with Crippen LogP contribution in [0, 0.1) is 28.9 Å². The summed E-state index contributed by atoms with van der Waals surface area (Å²) in [6, 6.07) is 3.28. The summed E-state index contributed by atoms with van der Waals surface area (Å²) >= 11 is 3.87. The van der Waals surface area contributed by atoms with E-state index in [4.69, 9.17) is 0 Å². The molecule has 2 unspecified atom stereocenters. The van der Waals surface area contributed by atoms with Gasteiger partial charge in [-0.25, -0.2) is 8.78 Å². The molecule has 4 saturated carbocycles. The summed E-state index contributed by atoms with van der Waals surface area (Å²) in [6.45, 7) is 0. The highest BCUT2D eigenvalue weighted by Gasteiger charge is 2.59. The third-order valence-electron chi connectivity index (χ3n) is 5.65. The molecule has 5 rings (SSSR count). The highest BCUT2D eigenvalue weighted by atomic mass is 79.9. The van der Waals surface area contributed by atoms with Gasteiger partial charge in [-0.1, -0.05) is 15.9 Å². The van der Waals surface area contributed by atoms with Gasteiger partial charge < -0.3 is 5.32 Å². The molecule has 4 aliphatic carbocycles. The summed E-state index contributed by atoms with van der Waals surface area (Å²) in [5, 5.41) is 2.71. The number of nitrogens with one attached hydrogen (secondary N) is 1. The van der Waals surface area contributed by atoms with Crippen molar-refractivity contribution in [2.75, 3.05) is 5.32 Å². The first-order valence-electron chi connectivity index (χ1n) is 7.83. The summed E-state index contributed by atoms with van der Waals surface area (Å²) in [5.41, 5.74) is -0.320. The Bertz CT molecular complexity index is 634. The summed E-state index contributed by atoms with van der Waals surface area (Å²) in [6.07, 6.45) is 6.11. The average Bonchev–Trinajstić information content (AvgIpc) is 2.39. The van der Waals surface area contributed by atoms with Gasteiger partial charge in [0, 0.05) is 10.4 Å². The van der Waals surface area contributed by atoms with Crippen LogP contribution in [0.3, 0.4) is 0 Å². The quantitative estimate of drug-likeness (QED) is 0.756. The number of amides is 1. The fraction of sp³-hybridized carbons (Fsp3) is 0.588. The van der Waals surface area contributed by atoms with Crippen LogP contribution >= 0.6 is 15.9 Å². The predicted octanol–water partition coefficient (Wildman–Crippen LogP) is 4.64. The van der Waals surface area contributed by atoms with Crippen molar-refractivity contribution in [1.29, 1.82) is 0 Å². The lowest BCUT2D eigenvalue weighted by molar-refractivity contribution is -0.138. The van der Waals surface area contributed by atoms with E-state index in [2.05, 4.69) is 21.2 Å². The van der Waals surface area contributed by atoms with Gasteiger partial charge in [-0.3, -0.25) is 4.79 Å². The number of rotatable bonds is 2. The number of anilines is 1. The Morgan fingerprint density at radius 2 is 1.86 bits per heavy atom. The molecular weight excluding hydrogens is 352 g/mol. The molecule has 1 aromatic carbocycles. The number of hydrogen-bond donors (Lipinski definition) is 1. The van der Waals surface area contributed by atoms with Gasteiger partial charge in [0.25, 0.3) is 0 Å². The molecule has 1 N–H and O–H groups in total. The molecular formula is C17H18BrF2NO. The van der Waals surface area contributed by atoms with E-state index in [9.17, 15) is 13.6 Å². The second kappa shape index (κ2) is 4.76. The van der Waals surface area contributed by atoms with E-state index < -0.39 is 17.0 Å². The summed E-state index contributed by atoms with van der Waals surface area (Å²) in [4.78, 5) is 12.9. The number of carbonyl (C=O) groups is 1. The molecule has 4 fully saturated rings. The Morgan fingerprint density at radius 1 is 1.18 bits per heavy atom. The number of alkyl halides is 1. The lowest BCUT2D eigenvalue weighted by Crippen LogP contribution is -2.57. The second-order valence-electron chi connectivity index (χ2n) is 7.47. The number of benzene rings is 1. The van der Waals surface area contributed by atoms with Crippen molar-refractivity contribution >= 4 is 27.5 Å². The van der Waals surface area contributed by atoms with Crippen LogP contribution in [0.15, 0.2) is 18.2 Å². The van der Waals surface area contributed by atoms with Crippen LogP contribution in [-0.4, -0.2) is 10.2 Å². The first-order valence-corrected chi connectivity index (χ1v) is 8.62. The van der Waals surface area contributed by atoms with Gasteiger partial charge in [-0.05, 0) is 62.5 Å². The highest BCUT2D eigenvalue weighted by molar-refractivity contribution is 9.10. The maximum atomic E-state index is 13.8. The third kappa shape index (κ3) is 2.29. The van der Waals surface area contributed by atoms with Gasteiger partial charge in [-0.15, -0.1) is 0 Å². The standard InChI is InChI=1S/C17H18BrF2NO/c18-17-7-10-3-11(8-17)6-16(5-10,9-17)15(22)21-14-2-1-12(19)4-13(14)20/h1-2,4,10-11H,3,5-9H2,(H,21,22)/t10-,11+,16?,17?. The summed E-state index contributed by atoms with van der Waals surface area (Å²) < 4.78 is 26.9. The molecule has 1 aromatic rings. The van der Waals surface area contributed by atoms with Crippen molar-refractivity contribution in [3.05, 3.63) is 29.8 Å². The maximum Gasteiger partial charge on any atom is 0.230 e. The first kappa shape index (κ1) is 14.6. The Balaban J connectivity index is 1.60. The molecule has 4 bridgehead atoms. The number of halogens is 3. The molecule has 22 heavy (non-hydrogen) atoms. The van der Waals surface area contributed by atoms with E-state index in [0.717, 1.165) is 38.2 Å². The zero-order chi connectivity index (χ0) is 15.5. The van der Waals surface area contributed by atoms with Crippen LogP contribution in [0.25, 0.3) is 0 Å². The van der Waals surface area contributed by atoms with Crippen LogP contribution in [-0.2, 0) is 4.79 Å². The van der Waals surface area contributed by atoms with Crippen LogP contribution < -0.4 is 5.32 Å². The Hall–Kier alpha value is -0.970. The Labute approximate surface area is 136 Å². The molecule has 1 amide bonds. The predicted molar refractivity (Wildman–Crippen MR) is 83.8 cm³/mol. The monoisotopic (exact) mass is 369 g/mol. The zero-order valence-corrected chi connectivity index (χ0v) is 13.8. The molecule has 118 valence electrons. The van der Waals surface area contributed by atoms with Gasteiger partial charge in [0.1, 0.15) is 11.6 Å². The smallest absolute Gasteiger partial charge is 0.230 e. The minimum atomic E-state index is -0.716. The van der Waals surface area contributed by atoms with Gasteiger partial charge in [-0.2, -0.15) is 0 Å². The second-order valence-corrected chi connectivity index (χ2v) is 9.15.